The summed E-state index contributed by atoms with van der Waals surface area (Å²) in [6.07, 6.45) is 0. The second-order valence-electron chi connectivity index (χ2n) is 9.41. The molecule has 0 heterocycles. The highest BCUT2D eigenvalue weighted by Gasteiger charge is 2.34. The van der Waals surface area contributed by atoms with E-state index in [1.54, 1.807) is 18.2 Å². The molecular formula is C30H32N2O4. The first-order chi connectivity index (χ1) is 17.1. The van der Waals surface area contributed by atoms with Crippen LogP contribution in [-0.2, 0) is 9.59 Å². The highest BCUT2D eigenvalue weighted by atomic mass is 16.5. The largest absolute Gasteiger partial charge is 0.497 e. The number of rotatable bonds is 6. The molecule has 0 aliphatic carbocycles. The van der Waals surface area contributed by atoms with Crippen LogP contribution >= 0.6 is 0 Å². The van der Waals surface area contributed by atoms with Crippen molar-refractivity contribution >= 4 is 17.5 Å². The van der Waals surface area contributed by atoms with Gasteiger partial charge in [0.2, 0.25) is 5.91 Å². The van der Waals surface area contributed by atoms with Crippen LogP contribution in [-0.4, -0.2) is 31.6 Å². The molecule has 6 nitrogen and oxygen atoms in total. The van der Waals surface area contributed by atoms with Crippen molar-refractivity contribution in [3.8, 4) is 23.3 Å². The number of aryl methyl sites for hydroxylation is 1. The van der Waals surface area contributed by atoms with Gasteiger partial charge in [0.15, 0.2) is 0 Å². The zero-order valence-electron chi connectivity index (χ0n) is 21.6. The molecule has 0 saturated carbocycles. The molecule has 0 radical (unpaired) electrons. The highest BCUT2D eigenvalue weighted by molar-refractivity contribution is 6.10. The number of methoxy groups -OCH3 is 2. The van der Waals surface area contributed by atoms with Gasteiger partial charge in [0.05, 0.1) is 19.9 Å². The minimum Gasteiger partial charge on any atom is -0.497 e. The predicted octanol–water partition coefficient (Wildman–Crippen LogP) is 5.05. The van der Waals surface area contributed by atoms with Gasteiger partial charge in [0, 0.05) is 35.2 Å². The number of nitrogens with one attached hydrogen (secondary N) is 1. The molecule has 0 bridgehead atoms. The Labute approximate surface area is 213 Å². The van der Waals surface area contributed by atoms with Crippen LogP contribution in [0.25, 0.3) is 0 Å². The highest BCUT2D eigenvalue weighted by Crippen LogP contribution is 2.34. The van der Waals surface area contributed by atoms with E-state index in [1.165, 1.54) is 19.1 Å². The average Bonchev–Trinajstić information content (AvgIpc) is 2.85. The number of nitrogens with zero attached hydrogens (tertiary/aromatic N) is 1. The topological polar surface area (TPSA) is 67.9 Å². The summed E-state index contributed by atoms with van der Waals surface area (Å²) in [4.78, 5) is 28.9. The Kier molecular flexibility index (Phi) is 8.39. The van der Waals surface area contributed by atoms with Crippen LogP contribution in [0.3, 0.4) is 0 Å². The molecule has 0 saturated heterocycles. The molecule has 0 fully saturated rings. The summed E-state index contributed by atoms with van der Waals surface area (Å²) in [6.45, 7) is 7.66. The van der Waals surface area contributed by atoms with Crippen molar-refractivity contribution in [1.82, 2.24) is 5.32 Å². The van der Waals surface area contributed by atoms with Gasteiger partial charge in [-0.15, -0.1) is 0 Å². The minimum atomic E-state index is -0.987. The van der Waals surface area contributed by atoms with Crippen molar-refractivity contribution in [2.75, 3.05) is 19.1 Å². The molecule has 0 aliphatic rings. The Morgan fingerprint density at radius 3 is 2.00 bits per heavy atom. The van der Waals surface area contributed by atoms with Crippen LogP contribution in [0.2, 0.25) is 0 Å². The lowest BCUT2D eigenvalue weighted by atomic mass is 9.99. The lowest BCUT2D eigenvalue weighted by molar-refractivity contribution is -0.126. The smallest absolute Gasteiger partial charge is 0.304 e. The van der Waals surface area contributed by atoms with Crippen molar-refractivity contribution in [3.05, 3.63) is 89.5 Å². The van der Waals surface area contributed by atoms with Gasteiger partial charge in [-0.1, -0.05) is 53.9 Å². The van der Waals surface area contributed by atoms with Crippen molar-refractivity contribution in [3.63, 3.8) is 0 Å². The summed E-state index contributed by atoms with van der Waals surface area (Å²) in [6, 6.07) is 20.9. The molecule has 1 unspecified atom stereocenters. The van der Waals surface area contributed by atoms with Gasteiger partial charge >= 0.3 is 5.91 Å². The number of hydrogen-bond donors (Lipinski definition) is 1. The van der Waals surface area contributed by atoms with Gasteiger partial charge in [0.25, 0.3) is 0 Å². The fraction of sp³-hybridized carbons (Fsp3) is 0.267. The summed E-state index contributed by atoms with van der Waals surface area (Å²) in [5, 5.41) is 3.02. The molecule has 6 heteroatoms. The summed E-state index contributed by atoms with van der Waals surface area (Å²) >= 11 is 0. The molecule has 0 aliphatic heterocycles. The molecule has 0 aromatic heterocycles. The molecule has 186 valence electrons. The predicted molar refractivity (Wildman–Crippen MR) is 142 cm³/mol. The SMILES string of the molecule is COc1cc(OC)cc(N(C(=O)C#Cc2ccccc2)C(C(=O)NC(C)(C)C)c2ccc(C)cc2)c1. The van der Waals surface area contributed by atoms with E-state index in [2.05, 4.69) is 17.2 Å². The molecule has 1 N–H and O–H groups in total. The zero-order valence-corrected chi connectivity index (χ0v) is 21.6. The molecule has 0 spiro atoms. The number of hydrogen-bond acceptors (Lipinski definition) is 4. The Morgan fingerprint density at radius 2 is 1.47 bits per heavy atom. The van der Waals surface area contributed by atoms with Crippen molar-refractivity contribution < 1.29 is 19.1 Å². The molecule has 3 aromatic rings. The Balaban J connectivity index is 2.22. The lowest BCUT2D eigenvalue weighted by Crippen LogP contribution is -2.49. The number of carbonyl (C=O) groups excluding carboxylic acids is 2. The normalized spacial score (nSPS) is 11.5. The first-order valence-corrected chi connectivity index (χ1v) is 11.6. The van der Waals surface area contributed by atoms with Crippen LogP contribution in [0, 0.1) is 18.8 Å². The molecular weight excluding hydrogens is 452 g/mol. The van der Waals surface area contributed by atoms with Crippen molar-refractivity contribution in [2.24, 2.45) is 0 Å². The van der Waals surface area contributed by atoms with Crippen LogP contribution in [0.1, 0.15) is 43.5 Å². The van der Waals surface area contributed by atoms with E-state index in [0.717, 1.165) is 5.56 Å². The quantitative estimate of drug-likeness (QED) is 0.497. The third kappa shape index (κ3) is 6.89. The van der Waals surface area contributed by atoms with Gasteiger partial charge in [-0.2, -0.15) is 0 Å². The molecule has 1 atom stereocenters. The first-order valence-electron chi connectivity index (χ1n) is 11.6. The van der Waals surface area contributed by atoms with Crippen LogP contribution in [0.15, 0.2) is 72.8 Å². The third-order valence-corrected chi connectivity index (χ3v) is 5.32. The number of benzene rings is 3. The maximum atomic E-state index is 13.8. The van der Waals surface area contributed by atoms with E-state index in [-0.39, 0.29) is 5.91 Å². The fourth-order valence-electron chi connectivity index (χ4n) is 3.63. The summed E-state index contributed by atoms with van der Waals surface area (Å²) in [5.41, 5.74) is 2.29. The van der Waals surface area contributed by atoms with E-state index < -0.39 is 17.5 Å². The lowest BCUT2D eigenvalue weighted by Gasteiger charge is -2.33. The van der Waals surface area contributed by atoms with E-state index >= 15 is 0 Å². The number of anilines is 1. The fourth-order valence-corrected chi connectivity index (χ4v) is 3.63. The molecule has 36 heavy (non-hydrogen) atoms. The molecule has 3 aromatic carbocycles. The van der Waals surface area contributed by atoms with Crippen LogP contribution in [0.5, 0.6) is 11.5 Å². The summed E-state index contributed by atoms with van der Waals surface area (Å²) in [7, 11) is 3.06. The van der Waals surface area contributed by atoms with Gasteiger partial charge in [-0.3, -0.25) is 14.5 Å². The van der Waals surface area contributed by atoms with Gasteiger partial charge in [-0.25, -0.2) is 0 Å². The Hall–Kier alpha value is -4.24. The van der Waals surface area contributed by atoms with E-state index in [4.69, 9.17) is 9.47 Å². The minimum absolute atomic E-state index is 0.331. The maximum Gasteiger partial charge on any atom is 0.304 e. The van der Waals surface area contributed by atoms with Gasteiger partial charge in [-0.05, 0) is 45.4 Å². The second kappa shape index (κ2) is 11.5. The van der Waals surface area contributed by atoms with Gasteiger partial charge < -0.3 is 14.8 Å². The third-order valence-electron chi connectivity index (χ3n) is 5.32. The Morgan fingerprint density at radius 1 is 0.889 bits per heavy atom. The Bertz CT molecular complexity index is 1240. The molecule has 3 rings (SSSR count). The standard InChI is InChI=1S/C30H32N2O4/c1-21-12-15-23(16-13-21)28(29(34)31-30(2,3)4)32(24-18-25(35-5)20-26(19-24)36-6)27(33)17-14-22-10-8-7-9-11-22/h7-13,15-16,18-20,28H,1-6H3,(H,31,34). The number of ether oxygens (including phenoxy) is 2. The maximum absolute atomic E-state index is 13.8. The second-order valence-corrected chi connectivity index (χ2v) is 9.41. The van der Waals surface area contributed by atoms with E-state index in [9.17, 15) is 9.59 Å². The first kappa shape index (κ1) is 26.4. The van der Waals surface area contributed by atoms with Crippen LogP contribution < -0.4 is 19.7 Å². The number of amides is 2. The summed E-state index contributed by atoms with van der Waals surface area (Å²) < 4.78 is 10.9. The monoisotopic (exact) mass is 484 g/mol. The average molecular weight is 485 g/mol. The van der Waals surface area contributed by atoms with Gasteiger partial charge in [0.1, 0.15) is 17.5 Å². The van der Waals surface area contributed by atoms with E-state index in [1.807, 2.05) is 82.3 Å². The van der Waals surface area contributed by atoms with E-state index in [0.29, 0.717) is 28.3 Å². The zero-order chi connectivity index (χ0) is 26.3. The number of carbonyl (C=O) groups is 2. The van der Waals surface area contributed by atoms with Crippen molar-refractivity contribution in [1.29, 1.82) is 0 Å². The van der Waals surface area contributed by atoms with Crippen LogP contribution in [0.4, 0.5) is 5.69 Å². The van der Waals surface area contributed by atoms with Crippen molar-refractivity contribution in [2.45, 2.75) is 39.3 Å². The summed E-state index contributed by atoms with van der Waals surface area (Å²) in [5.74, 6) is 5.74. The molecule has 2 amide bonds.